The standard InChI is InChI=1S/C22H21FN4O2/c1-14-19(12-24-15(2)26-14)29-13-22(16-6-4-3-5-7-16)10-18(22)21(28)27-17-8-9-20(23)25-11-17/h3-9,11-12,18H,10,13H2,1-2H3,(H,27,28)/t18-,22+/m0/s1. The number of anilines is 1. The molecule has 148 valence electrons. The Bertz CT molecular complexity index is 1030. The largest absolute Gasteiger partial charge is 0.489 e. The van der Waals surface area contributed by atoms with Gasteiger partial charge in [0.15, 0.2) is 5.75 Å². The summed E-state index contributed by atoms with van der Waals surface area (Å²) in [4.78, 5) is 25.0. The number of benzene rings is 1. The van der Waals surface area contributed by atoms with Crippen molar-refractivity contribution in [3.8, 4) is 5.75 Å². The summed E-state index contributed by atoms with van der Waals surface area (Å²) < 4.78 is 19.1. The molecule has 6 nitrogen and oxygen atoms in total. The second-order valence-corrected chi connectivity index (χ2v) is 7.29. The van der Waals surface area contributed by atoms with Crippen LogP contribution in [0.15, 0.2) is 54.9 Å². The summed E-state index contributed by atoms with van der Waals surface area (Å²) in [5.41, 5.74) is 1.84. The van der Waals surface area contributed by atoms with Crippen LogP contribution < -0.4 is 10.1 Å². The van der Waals surface area contributed by atoms with E-state index < -0.39 is 11.4 Å². The van der Waals surface area contributed by atoms with Crippen LogP contribution in [0.5, 0.6) is 5.75 Å². The van der Waals surface area contributed by atoms with Gasteiger partial charge < -0.3 is 10.1 Å². The normalized spacial score (nSPS) is 20.2. The van der Waals surface area contributed by atoms with Gasteiger partial charge >= 0.3 is 0 Å². The smallest absolute Gasteiger partial charge is 0.228 e. The molecule has 1 saturated carbocycles. The van der Waals surface area contributed by atoms with Crippen LogP contribution in [0.1, 0.15) is 23.5 Å². The molecule has 1 aliphatic rings. The third-order valence-corrected chi connectivity index (χ3v) is 5.28. The summed E-state index contributed by atoms with van der Waals surface area (Å²) in [6.45, 7) is 4.04. The Morgan fingerprint density at radius 2 is 1.97 bits per heavy atom. The zero-order chi connectivity index (χ0) is 20.4. The Morgan fingerprint density at radius 1 is 1.17 bits per heavy atom. The number of aryl methyl sites for hydroxylation is 2. The van der Waals surface area contributed by atoms with Gasteiger partial charge in [-0.25, -0.2) is 15.0 Å². The van der Waals surface area contributed by atoms with E-state index in [1.165, 1.54) is 18.3 Å². The Morgan fingerprint density at radius 3 is 2.66 bits per heavy atom. The molecular formula is C22H21FN4O2. The van der Waals surface area contributed by atoms with Crippen LogP contribution in [0.4, 0.5) is 10.1 Å². The lowest BCUT2D eigenvalue weighted by molar-refractivity contribution is -0.117. The highest BCUT2D eigenvalue weighted by atomic mass is 19.1. The number of ether oxygens (including phenoxy) is 1. The Hall–Kier alpha value is -3.35. The molecule has 1 fully saturated rings. The first-order valence-corrected chi connectivity index (χ1v) is 9.39. The van der Waals surface area contributed by atoms with E-state index in [1.54, 1.807) is 6.20 Å². The van der Waals surface area contributed by atoms with Crippen LogP contribution >= 0.6 is 0 Å². The van der Waals surface area contributed by atoms with Gasteiger partial charge in [-0.1, -0.05) is 30.3 Å². The van der Waals surface area contributed by atoms with Crippen molar-refractivity contribution in [1.82, 2.24) is 15.0 Å². The van der Waals surface area contributed by atoms with Crippen LogP contribution in [0, 0.1) is 25.7 Å². The lowest BCUT2D eigenvalue weighted by Gasteiger charge is -2.19. The predicted molar refractivity (Wildman–Crippen MR) is 106 cm³/mol. The van der Waals surface area contributed by atoms with Gasteiger partial charge in [0.2, 0.25) is 11.9 Å². The number of nitrogens with one attached hydrogen (secondary N) is 1. The third kappa shape index (κ3) is 3.94. The maximum atomic E-state index is 13.0. The van der Waals surface area contributed by atoms with Crippen LogP contribution in [-0.4, -0.2) is 27.5 Å². The van der Waals surface area contributed by atoms with Gasteiger partial charge in [-0.3, -0.25) is 4.79 Å². The summed E-state index contributed by atoms with van der Waals surface area (Å²) >= 11 is 0. The van der Waals surface area contributed by atoms with E-state index in [0.717, 1.165) is 11.3 Å². The predicted octanol–water partition coefficient (Wildman–Crippen LogP) is 3.60. The van der Waals surface area contributed by atoms with Crippen LogP contribution in [0.2, 0.25) is 0 Å². The van der Waals surface area contributed by atoms with Crippen molar-refractivity contribution in [2.45, 2.75) is 25.7 Å². The molecule has 1 amide bonds. The summed E-state index contributed by atoms with van der Waals surface area (Å²) in [6.07, 6.45) is 3.63. The van der Waals surface area contributed by atoms with Crippen LogP contribution in [0.25, 0.3) is 0 Å². The molecule has 0 saturated heterocycles. The summed E-state index contributed by atoms with van der Waals surface area (Å²) in [6, 6.07) is 12.6. The number of hydrogen-bond acceptors (Lipinski definition) is 5. The minimum atomic E-state index is -0.586. The molecule has 1 aliphatic carbocycles. The minimum Gasteiger partial charge on any atom is -0.489 e. The Balaban J connectivity index is 1.53. The highest BCUT2D eigenvalue weighted by molar-refractivity contribution is 5.96. The zero-order valence-electron chi connectivity index (χ0n) is 16.2. The highest BCUT2D eigenvalue weighted by Crippen LogP contribution is 2.55. The Labute approximate surface area is 168 Å². The third-order valence-electron chi connectivity index (χ3n) is 5.28. The monoisotopic (exact) mass is 392 g/mol. The van der Waals surface area contributed by atoms with Crippen LogP contribution in [-0.2, 0) is 10.2 Å². The highest BCUT2D eigenvalue weighted by Gasteiger charge is 2.60. The molecule has 2 heterocycles. The molecule has 1 aromatic carbocycles. The number of nitrogens with zero attached hydrogens (tertiary/aromatic N) is 3. The van der Waals surface area contributed by atoms with E-state index >= 15 is 0 Å². The van der Waals surface area contributed by atoms with Gasteiger partial charge in [0.25, 0.3) is 0 Å². The maximum absolute atomic E-state index is 13.0. The first kappa shape index (κ1) is 19.0. The van der Waals surface area contributed by atoms with Crippen molar-refractivity contribution < 1.29 is 13.9 Å². The maximum Gasteiger partial charge on any atom is 0.228 e. The fourth-order valence-corrected chi connectivity index (χ4v) is 3.58. The number of rotatable bonds is 6. The first-order valence-electron chi connectivity index (χ1n) is 9.39. The van der Waals surface area contributed by atoms with Crippen molar-refractivity contribution in [3.05, 3.63) is 77.9 Å². The quantitative estimate of drug-likeness (QED) is 0.649. The van der Waals surface area contributed by atoms with Crippen LogP contribution in [0.3, 0.4) is 0 Å². The van der Waals surface area contributed by atoms with Crippen molar-refractivity contribution >= 4 is 11.6 Å². The lowest BCUT2D eigenvalue weighted by atomic mass is 9.93. The molecule has 3 aromatic rings. The van der Waals surface area contributed by atoms with E-state index in [-0.39, 0.29) is 11.8 Å². The van der Waals surface area contributed by atoms with Gasteiger partial charge in [0, 0.05) is 5.41 Å². The minimum absolute atomic E-state index is 0.136. The molecule has 1 N–H and O–H groups in total. The SMILES string of the molecule is Cc1ncc(OC[C@@]2(c3ccccc3)C[C@H]2C(=O)Nc2ccc(F)nc2)c(C)n1. The van der Waals surface area contributed by atoms with Crippen molar-refractivity contribution in [2.24, 2.45) is 5.92 Å². The molecule has 0 unspecified atom stereocenters. The van der Waals surface area contributed by atoms with E-state index in [1.807, 2.05) is 44.2 Å². The molecule has 0 spiro atoms. The van der Waals surface area contributed by atoms with Gasteiger partial charge in [0.1, 0.15) is 5.82 Å². The van der Waals surface area contributed by atoms with E-state index in [0.29, 0.717) is 30.3 Å². The van der Waals surface area contributed by atoms with Crippen molar-refractivity contribution in [1.29, 1.82) is 0 Å². The molecule has 29 heavy (non-hydrogen) atoms. The second kappa shape index (κ2) is 7.58. The number of aromatic nitrogens is 3. The van der Waals surface area contributed by atoms with Gasteiger partial charge in [-0.15, -0.1) is 0 Å². The zero-order valence-corrected chi connectivity index (χ0v) is 16.2. The second-order valence-electron chi connectivity index (χ2n) is 7.29. The number of pyridine rings is 1. The number of carbonyl (C=O) groups excluding carboxylic acids is 1. The molecular weight excluding hydrogens is 371 g/mol. The number of amides is 1. The molecule has 4 rings (SSSR count). The molecule has 7 heteroatoms. The van der Waals surface area contributed by atoms with Gasteiger partial charge in [-0.2, -0.15) is 4.39 Å². The van der Waals surface area contributed by atoms with E-state index in [2.05, 4.69) is 20.3 Å². The van der Waals surface area contributed by atoms with Gasteiger partial charge in [0.05, 0.1) is 36.3 Å². The van der Waals surface area contributed by atoms with Gasteiger partial charge in [-0.05, 0) is 38.0 Å². The average molecular weight is 392 g/mol. The average Bonchev–Trinajstić information content (AvgIpc) is 3.46. The van der Waals surface area contributed by atoms with E-state index in [4.69, 9.17) is 4.74 Å². The summed E-state index contributed by atoms with van der Waals surface area (Å²) in [7, 11) is 0. The lowest BCUT2D eigenvalue weighted by Crippen LogP contribution is -2.26. The fourth-order valence-electron chi connectivity index (χ4n) is 3.58. The molecule has 0 radical (unpaired) electrons. The molecule has 0 bridgehead atoms. The fraction of sp³-hybridized carbons (Fsp3) is 0.273. The Kier molecular flexibility index (Phi) is 4.96. The molecule has 2 atom stereocenters. The van der Waals surface area contributed by atoms with E-state index in [9.17, 15) is 9.18 Å². The molecule has 0 aliphatic heterocycles. The number of carbonyl (C=O) groups is 1. The summed E-state index contributed by atoms with van der Waals surface area (Å²) in [5.74, 6) is 0.311. The number of halogens is 1. The summed E-state index contributed by atoms with van der Waals surface area (Å²) in [5, 5.41) is 2.82. The van der Waals surface area contributed by atoms with Crippen molar-refractivity contribution in [3.63, 3.8) is 0 Å². The molecule has 2 aromatic heterocycles. The number of hydrogen-bond donors (Lipinski definition) is 1. The van der Waals surface area contributed by atoms with Crippen molar-refractivity contribution in [2.75, 3.05) is 11.9 Å². The topological polar surface area (TPSA) is 77.0 Å². The first-order chi connectivity index (χ1) is 14.0.